The number of thiazole rings is 1. The number of hydrogen-bond donors (Lipinski definition) is 0. The second-order valence-corrected chi connectivity index (χ2v) is 2.09. The number of halogens is 3. The van der Waals surface area contributed by atoms with Crippen molar-refractivity contribution in [2.45, 2.75) is 6.36 Å². The fourth-order valence-corrected chi connectivity index (χ4v) is 0.821. The molecule has 0 saturated carbocycles. The second kappa shape index (κ2) is 2.45. The second-order valence-electron chi connectivity index (χ2n) is 1.37. The van der Waals surface area contributed by atoms with E-state index < -0.39 is 12.2 Å². The van der Waals surface area contributed by atoms with E-state index in [1.807, 2.05) is 0 Å². The predicted octanol–water partition coefficient (Wildman–Crippen LogP) is 2.04. The van der Waals surface area contributed by atoms with Crippen LogP contribution in [0.5, 0.6) is 5.88 Å². The molecule has 0 saturated heterocycles. The monoisotopic (exact) mass is 169 g/mol. The quantitative estimate of drug-likeness (QED) is 0.641. The molecule has 0 amide bonds. The molecule has 10 heavy (non-hydrogen) atoms. The molecule has 0 aliphatic carbocycles. The first kappa shape index (κ1) is 7.33. The Morgan fingerprint density at radius 1 is 1.50 bits per heavy atom. The predicted molar refractivity (Wildman–Crippen MR) is 28.8 cm³/mol. The largest absolute Gasteiger partial charge is 0.574 e. The first-order chi connectivity index (χ1) is 4.58. The first-order valence-electron chi connectivity index (χ1n) is 2.22. The van der Waals surface area contributed by atoms with Gasteiger partial charge < -0.3 is 4.74 Å². The third kappa shape index (κ3) is 2.22. The van der Waals surface area contributed by atoms with E-state index in [0.29, 0.717) is 0 Å². The van der Waals surface area contributed by atoms with Crippen LogP contribution in [0, 0.1) is 0 Å². The summed E-state index contributed by atoms with van der Waals surface area (Å²) in [6, 6.07) is 0. The summed E-state index contributed by atoms with van der Waals surface area (Å²) < 4.78 is 37.5. The molecule has 0 atom stereocenters. The maximum absolute atomic E-state index is 11.4. The van der Waals surface area contributed by atoms with Gasteiger partial charge in [-0.1, -0.05) is 0 Å². The van der Waals surface area contributed by atoms with E-state index in [1.165, 1.54) is 10.9 Å². The maximum atomic E-state index is 11.4. The molecule has 1 rings (SSSR count). The van der Waals surface area contributed by atoms with Gasteiger partial charge in [0, 0.05) is 0 Å². The average Bonchev–Trinajstić information content (AvgIpc) is 2.12. The van der Waals surface area contributed by atoms with Gasteiger partial charge in [-0.2, -0.15) is 0 Å². The Morgan fingerprint density at radius 2 is 2.20 bits per heavy atom. The summed E-state index contributed by atoms with van der Waals surface area (Å²) in [5.41, 5.74) is 1.26. The lowest BCUT2D eigenvalue weighted by molar-refractivity contribution is -0.276. The van der Waals surface area contributed by atoms with Crippen molar-refractivity contribution in [3.63, 3.8) is 0 Å². The Balaban J connectivity index is 2.57. The summed E-state index contributed by atoms with van der Waals surface area (Å²) in [5, 5.41) is 1.17. The van der Waals surface area contributed by atoms with Crippen molar-refractivity contribution in [3.8, 4) is 5.88 Å². The Hall–Kier alpha value is -0.780. The SMILES string of the molecule is FC(F)(F)Oc1cscn1. The van der Waals surface area contributed by atoms with Crippen LogP contribution in [-0.2, 0) is 0 Å². The van der Waals surface area contributed by atoms with Crippen molar-refractivity contribution in [2.24, 2.45) is 0 Å². The van der Waals surface area contributed by atoms with E-state index in [9.17, 15) is 13.2 Å². The molecule has 0 fully saturated rings. The van der Waals surface area contributed by atoms with Crippen LogP contribution in [0.2, 0.25) is 0 Å². The third-order valence-corrected chi connectivity index (χ3v) is 1.19. The number of aromatic nitrogens is 1. The molecule has 0 unspecified atom stereocenters. The van der Waals surface area contributed by atoms with Crippen molar-refractivity contribution in [1.29, 1.82) is 0 Å². The molecule has 6 heteroatoms. The van der Waals surface area contributed by atoms with Crippen molar-refractivity contribution < 1.29 is 17.9 Å². The van der Waals surface area contributed by atoms with Crippen LogP contribution in [0.15, 0.2) is 10.9 Å². The minimum atomic E-state index is -4.63. The molecule has 1 heterocycles. The highest BCUT2D eigenvalue weighted by atomic mass is 32.1. The zero-order valence-electron chi connectivity index (χ0n) is 4.55. The minimum Gasteiger partial charge on any atom is -0.387 e. The van der Waals surface area contributed by atoms with Crippen molar-refractivity contribution in [1.82, 2.24) is 4.98 Å². The molecule has 1 aromatic rings. The lowest BCUT2D eigenvalue weighted by atomic mass is 10.9. The van der Waals surface area contributed by atoms with E-state index in [2.05, 4.69) is 9.72 Å². The molecule has 0 aliphatic rings. The molecule has 0 aliphatic heterocycles. The van der Waals surface area contributed by atoms with Gasteiger partial charge in [-0.15, -0.1) is 24.5 Å². The smallest absolute Gasteiger partial charge is 0.387 e. The van der Waals surface area contributed by atoms with E-state index >= 15 is 0 Å². The van der Waals surface area contributed by atoms with Crippen LogP contribution in [0.3, 0.4) is 0 Å². The van der Waals surface area contributed by atoms with Crippen LogP contribution < -0.4 is 4.74 Å². The van der Waals surface area contributed by atoms with Gasteiger partial charge >= 0.3 is 6.36 Å². The van der Waals surface area contributed by atoms with Gasteiger partial charge in [0.25, 0.3) is 0 Å². The highest BCUT2D eigenvalue weighted by Crippen LogP contribution is 2.21. The molecule has 0 spiro atoms. The van der Waals surface area contributed by atoms with Crippen LogP contribution in [-0.4, -0.2) is 11.3 Å². The Morgan fingerprint density at radius 3 is 2.60 bits per heavy atom. The average molecular weight is 169 g/mol. The van der Waals surface area contributed by atoms with E-state index in [4.69, 9.17) is 0 Å². The Labute approximate surface area is 58.3 Å². The highest BCUT2D eigenvalue weighted by molar-refractivity contribution is 7.07. The fourth-order valence-electron chi connectivity index (χ4n) is 0.370. The molecule has 0 aromatic carbocycles. The van der Waals surface area contributed by atoms with Crippen LogP contribution in [0.4, 0.5) is 13.2 Å². The fraction of sp³-hybridized carbons (Fsp3) is 0.250. The number of hydrogen-bond acceptors (Lipinski definition) is 3. The molecule has 0 bridgehead atoms. The van der Waals surface area contributed by atoms with Gasteiger partial charge in [-0.3, -0.25) is 0 Å². The van der Waals surface area contributed by atoms with Crippen molar-refractivity contribution >= 4 is 11.3 Å². The maximum Gasteiger partial charge on any atom is 0.574 e. The van der Waals surface area contributed by atoms with Gasteiger partial charge in [0.15, 0.2) is 0 Å². The zero-order chi connectivity index (χ0) is 7.61. The summed E-state index contributed by atoms with van der Waals surface area (Å²) >= 11 is 1.04. The number of ether oxygens (including phenoxy) is 1. The van der Waals surface area contributed by atoms with Crippen LogP contribution in [0.25, 0.3) is 0 Å². The lowest BCUT2D eigenvalue weighted by Gasteiger charge is -2.03. The molecular formula is C4H2F3NOS. The molecule has 2 nitrogen and oxygen atoms in total. The number of nitrogens with zero attached hydrogens (tertiary/aromatic N) is 1. The topological polar surface area (TPSA) is 22.1 Å². The van der Waals surface area contributed by atoms with Gasteiger partial charge in [0.2, 0.25) is 5.88 Å². The lowest BCUT2D eigenvalue weighted by Crippen LogP contribution is -2.17. The van der Waals surface area contributed by atoms with Gasteiger partial charge in [-0.05, 0) is 0 Å². The standard InChI is InChI=1S/C4H2F3NOS/c5-4(6,7)9-3-1-10-2-8-3/h1-2H. The van der Waals surface area contributed by atoms with Gasteiger partial charge in [0.05, 0.1) is 10.9 Å². The van der Waals surface area contributed by atoms with E-state index in [0.717, 1.165) is 11.3 Å². The molecular weight excluding hydrogens is 167 g/mol. The highest BCUT2D eigenvalue weighted by Gasteiger charge is 2.31. The summed E-state index contributed by atoms with van der Waals surface area (Å²) in [4.78, 5) is 3.28. The Bertz CT molecular complexity index is 195. The van der Waals surface area contributed by atoms with Crippen LogP contribution in [0.1, 0.15) is 0 Å². The third-order valence-electron chi connectivity index (χ3n) is 0.630. The molecule has 0 radical (unpaired) electrons. The molecule has 56 valence electrons. The van der Waals surface area contributed by atoms with Crippen molar-refractivity contribution in [2.75, 3.05) is 0 Å². The molecule has 0 N–H and O–H groups in total. The van der Waals surface area contributed by atoms with Crippen molar-refractivity contribution in [3.05, 3.63) is 10.9 Å². The van der Waals surface area contributed by atoms with E-state index in [-0.39, 0.29) is 0 Å². The first-order valence-corrected chi connectivity index (χ1v) is 3.16. The number of alkyl halides is 3. The minimum absolute atomic E-state index is 0.405. The summed E-state index contributed by atoms with van der Waals surface area (Å²) in [6.07, 6.45) is -4.63. The van der Waals surface area contributed by atoms with Crippen LogP contribution >= 0.6 is 11.3 Å². The van der Waals surface area contributed by atoms with Gasteiger partial charge in [-0.25, -0.2) is 4.98 Å². The Kier molecular flexibility index (Phi) is 1.80. The van der Waals surface area contributed by atoms with Gasteiger partial charge in [0.1, 0.15) is 0 Å². The van der Waals surface area contributed by atoms with E-state index in [1.54, 1.807) is 0 Å². The summed E-state index contributed by atoms with van der Waals surface area (Å²) in [5.74, 6) is -0.405. The zero-order valence-corrected chi connectivity index (χ0v) is 5.37. The molecule has 1 aromatic heterocycles. The summed E-state index contributed by atoms with van der Waals surface area (Å²) in [6.45, 7) is 0. The number of rotatable bonds is 1. The summed E-state index contributed by atoms with van der Waals surface area (Å²) in [7, 11) is 0. The normalized spacial score (nSPS) is 11.5.